The number of benzene rings is 1. The standard InChI is InChI=1S/C12H9N3S2/c13-11-9-3-4-14-7-8(9)1-2-10(11)17-12-15-5-6-16-12/h1-7H,13H2. The van der Waals surface area contributed by atoms with Crippen LogP contribution in [-0.2, 0) is 0 Å². The van der Waals surface area contributed by atoms with Crippen LogP contribution in [-0.4, -0.2) is 9.97 Å². The van der Waals surface area contributed by atoms with E-state index in [1.807, 2.05) is 29.8 Å². The number of nitrogens with zero attached hydrogens (tertiary/aromatic N) is 2. The van der Waals surface area contributed by atoms with E-state index >= 15 is 0 Å². The van der Waals surface area contributed by atoms with Crippen molar-refractivity contribution in [2.45, 2.75) is 9.24 Å². The first-order valence-electron chi connectivity index (χ1n) is 5.04. The van der Waals surface area contributed by atoms with Crippen molar-refractivity contribution in [3.05, 3.63) is 42.2 Å². The molecule has 0 saturated heterocycles. The van der Waals surface area contributed by atoms with Gasteiger partial charge in [0.15, 0.2) is 4.34 Å². The monoisotopic (exact) mass is 259 g/mol. The topological polar surface area (TPSA) is 51.8 Å². The van der Waals surface area contributed by atoms with Gasteiger partial charge in [0.2, 0.25) is 0 Å². The maximum Gasteiger partial charge on any atom is 0.154 e. The molecule has 0 aliphatic heterocycles. The van der Waals surface area contributed by atoms with Gasteiger partial charge in [0, 0.05) is 39.6 Å². The average molecular weight is 259 g/mol. The number of hydrogen-bond acceptors (Lipinski definition) is 5. The minimum absolute atomic E-state index is 0.796. The van der Waals surface area contributed by atoms with Gasteiger partial charge in [0.25, 0.3) is 0 Å². The molecule has 17 heavy (non-hydrogen) atoms. The Balaban J connectivity index is 2.09. The van der Waals surface area contributed by atoms with Gasteiger partial charge in [-0.25, -0.2) is 4.98 Å². The van der Waals surface area contributed by atoms with Crippen LogP contribution in [0, 0.1) is 0 Å². The van der Waals surface area contributed by atoms with Crippen LogP contribution in [0.4, 0.5) is 5.69 Å². The first-order chi connectivity index (χ1) is 8.34. The SMILES string of the molecule is Nc1c(Sc2nccs2)ccc2cnccc12. The summed E-state index contributed by atoms with van der Waals surface area (Å²) in [4.78, 5) is 9.37. The van der Waals surface area contributed by atoms with Gasteiger partial charge < -0.3 is 5.73 Å². The number of thiazole rings is 1. The highest BCUT2D eigenvalue weighted by molar-refractivity contribution is 8.01. The summed E-state index contributed by atoms with van der Waals surface area (Å²) in [5.74, 6) is 0. The Hall–Kier alpha value is -1.59. The van der Waals surface area contributed by atoms with Gasteiger partial charge in [0.05, 0.1) is 5.69 Å². The van der Waals surface area contributed by atoms with Gasteiger partial charge in [-0.05, 0) is 12.1 Å². The maximum absolute atomic E-state index is 6.16. The van der Waals surface area contributed by atoms with E-state index in [0.717, 1.165) is 25.7 Å². The van der Waals surface area contributed by atoms with Gasteiger partial charge in [-0.1, -0.05) is 17.8 Å². The molecule has 84 valence electrons. The highest BCUT2D eigenvalue weighted by atomic mass is 32.2. The Kier molecular flexibility index (Phi) is 2.70. The molecule has 5 heteroatoms. The molecule has 1 aromatic carbocycles. The second-order valence-corrected chi connectivity index (χ2v) is 5.66. The zero-order valence-electron chi connectivity index (χ0n) is 8.83. The zero-order chi connectivity index (χ0) is 11.7. The lowest BCUT2D eigenvalue weighted by Gasteiger charge is -2.06. The molecule has 3 nitrogen and oxygen atoms in total. The minimum Gasteiger partial charge on any atom is -0.397 e. The predicted octanol–water partition coefficient (Wildman–Crippen LogP) is 3.42. The summed E-state index contributed by atoms with van der Waals surface area (Å²) >= 11 is 3.21. The lowest BCUT2D eigenvalue weighted by Crippen LogP contribution is -1.90. The number of hydrogen-bond donors (Lipinski definition) is 1. The molecule has 2 heterocycles. The van der Waals surface area contributed by atoms with E-state index in [0.29, 0.717) is 0 Å². The number of pyridine rings is 1. The molecule has 0 radical (unpaired) electrons. The van der Waals surface area contributed by atoms with Crippen molar-refractivity contribution in [2.24, 2.45) is 0 Å². The molecule has 0 saturated carbocycles. The van der Waals surface area contributed by atoms with Crippen LogP contribution in [0.1, 0.15) is 0 Å². The second kappa shape index (κ2) is 4.35. The Labute approximate surface area is 107 Å². The molecule has 0 aliphatic carbocycles. The Morgan fingerprint density at radius 3 is 2.94 bits per heavy atom. The predicted molar refractivity (Wildman–Crippen MR) is 72.4 cm³/mol. The van der Waals surface area contributed by atoms with Crippen LogP contribution >= 0.6 is 23.1 Å². The lowest BCUT2D eigenvalue weighted by atomic mass is 10.1. The largest absolute Gasteiger partial charge is 0.397 e. The van der Waals surface area contributed by atoms with Gasteiger partial charge in [0.1, 0.15) is 0 Å². The Morgan fingerprint density at radius 2 is 2.12 bits per heavy atom. The highest BCUT2D eigenvalue weighted by Crippen LogP contribution is 2.36. The van der Waals surface area contributed by atoms with Crippen molar-refractivity contribution in [1.82, 2.24) is 9.97 Å². The van der Waals surface area contributed by atoms with Crippen molar-refractivity contribution in [1.29, 1.82) is 0 Å². The fraction of sp³-hybridized carbons (Fsp3) is 0. The molecule has 0 fully saturated rings. The molecular formula is C12H9N3S2. The number of nitrogens with two attached hydrogens (primary N) is 1. The third-order valence-electron chi connectivity index (χ3n) is 2.43. The van der Waals surface area contributed by atoms with Gasteiger partial charge in [-0.2, -0.15) is 0 Å². The molecule has 0 atom stereocenters. The third kappa shape index (κ3) is 1.99. The van der Waals surface area contributed by atoms with Crippen LogP contribution in [0.25, 0.3) is 10.8 Å². The fourth-order valence-corrected chi connectivity index (χ4v) is 3.26. The van der Waals surface area contributed by atoms with Gasteiger partial charge in [-0.3, -0.25) is 4.98 Å². The van der Waals surface area contributed by atoms with Crippen molar-refractivity contribution >= 4 is 39.6 Å². The van der Waals surface area contributed by atoms with Crippen LogP contribution in [0.2, 0.25) is 0 Å². The van der Waals surface area contributed by atoms with E-state index in [1.54, 1.807) is 35.5 Å². The summed E-state index contributed by atoms with van der Waals surface area (Å²) in [5, 5.41) is 4.07. The Morgan fingerprint density at radius 1 is 1.18 bits per heavy atom. The first kappa shape index (κ1) is 10.6. The zero-order valence-corrected chi connectivity index (χ0v) is 10.5. The first-order valence-corrected chi connectivity index (χ1v) is 6.74. The Bertz CT molecular complexity index is 650. The van der Waals surface area contributed by atoms with Crippen molar-refractivity contribution < 1.29 is 0 Å². The van der Waals surface area contributed by atoms with Gasteiger partial charge >= 0.3 is 0 Å². The summed E-state index contributed by atoms with van der Waals surface area (Å²) in [6, 6.07) is 6.00. The fourth-order valence-electron chi connectivity index (χ4n) is 1.62. The van der Waals surface area contributed by atoms with Crippen molar-refractivity contribution in [2.75, 3.05) is 5.73 Å². The third-order valence-corrected chi connectivity index (χ3v) is 4.39. The normalized spacial score (nSPS) is 10.8. The number of aromatic nitrogens is 2. The van der Waals surface area contributed by atoms with Gasteiger partial charge in [-0.15, -0.1) is 11.3 Å². The maximum atomic E-state index is 6.16. The molecular weight excluding hydrogens is 250 g/mol. The van der Waals surface area contributed by atoms with E-state index in [4.69, 9.17) is 5.73 Å². The molecule has 0 amide bonds. The minimum atomic E-state index is 0.796. The summed E-state index contributed by atoms with van der Waals surface area (Å²) in [5.41, 5.74) is 6.96. The molecule has 0 bridgehead atoms. The van der Waals surface area contributed by atoms with E-state index in [1.165, 1.54) is 0 Å². The van der Waals surface area contributed by atoms with Crippen LogP contribution in [0.5, 0.6) is 0 Å². The summed E-state index contributed by atoms with van der Waals surface area (Å²) in [6.45, 7) is 0. The summed E-state index contributed by atoms with van der Waals surface area (Å²) in [6.07, 6.45) is 5.38. The van der Waals surface area contributed by atoms with E-state index < -0.39 is 0 Å². The molecule has 3 rings (SSSR count). The van der Waals surface area contributed by atoms with E-state index in [9.17, 15) is 0 Å². The number of anilines is 1. The van der Waals surface area contributed by atoms with Crippen molar-refractivity contribution in [3.63, 3.8) is 0 Å². The molecule has 3 aromatic rings. The van der Waals surface area contributed by atoms with E-state index in [2.05, 4.69) is 9.97 Å². The number of fused-ring (bicyclic) bond motifs is 1. The summed E-state index contributed by atoms with van der Waals surface area (Å²) < 4.78 is 1.00. The second-order valence-electron chi connectivity index (χ2n) is 3.47. The molecule has 2 N–H and O–H groups in total. The quantitative estimate of drug-likeness (QED) is 0.716. The number of nitrogen functional groups attached to an aromatic ring is 1. The number of rotatable bonds is 2. The van der Waals surface area contributed by atoms with Crippen LogP contribution in [0.15, 0.2) is 51.4 Å². The average Bonchev–Trinajstić information content (AvgIpc) is 2.86. The smallest absolute Gasteiger partial charge is 0.154 e. The molecule has 0 aliphatic rings. The van der Waals surface area contributed by atoms with Crippen LogP contribution in [0.3, 0.4) is 0 Å². The highest BCUT2D eigenvalue weighted by Gasteiger charge is 2.07. The van der Waals surface area contributed by atoms with E-state index in [-0.39, 0.29) is 0 Å². The molecule has 2 aromatic heterocycles. The molecule has 0 unspecified atom stereocenters. The molecule has 0 spiro atoms. The van der Waals surface area contributed by atoms with Crippen LogP contribution < -0.4 is 5.73 Å². The lowest BCUT2D eigenvalue weighted by molar-refractivity contribution is 1.25. The van der Waals surface area contributed by atoms with Crippen molar-refractivity contribution in [3.8, 4) is 0 Å². The summed E-state index contributed by atoms with van der Waals surface area (Å²) in [7, 11) is 0.